The molecule has 4 aliphatic rings. The van der Waals surface area contributed by atoms with E-state index >= 15 is 0 Å². The van der Waals surface area contributed by atoms with E-state index in [0.717, 1.165) is 0 Å². The molecule has 45 heavy (non-hydrogen) atoms. The van der Waals surface area contributed by atoms with Gasteiger partial charge in [-0.1, -0.05) is 0 Å². The number of aliphatic hydroxyl groups is 14. The van der Waals surface area contributed by atoms with Crippen molar-refractivity contribution in [3.8, 4) is 0 Å². The molecule has 21 heteroatoms. The molecule has 0 spiro atoms. The maximum atomic E-state index is 11.1. The van der Waals surface area contributed by atoms with Crippen molar-refractivity contribution < 1.29 is 105 Å². The Kier molecular flexibility index (Phi) is 12.8. The molecule has 0 aromatic heterocycles. The van der Waals surface area contributed by atoms with Gasteiger partial charge in [0.25, 0.3) is 0 Å². The van der Waals surface area contributed by atoms with E-state index in [4.69, 9.17) is 33.2 Å². The monoisotopic (exact) mass is 666 g/mol. The van der Waals surface area contributed by atoms with Gasteiger partial charge in [-0.2, -0.15) is 0 Å². The highest BCUT2D eigenvalue weighted by atomic mass is 16.8. The third-order valence-electron chi connectivity index (χ3n) is 8.21. The van der Waals surface area contributed by atoms with E-state index in [9.17, 15) is 71.5 Å². The molecule has 0 amide bonds. The summed E-state index contributed by atoms with van der Waals surface area (Å²) in [6.45, 7) is -3.43. The highest BCUT2D eigenvalue weighted by Crippen LogP contribution is 2.34. The van der Waals surface area contributed by atoms with Gasteiger partial charge in [0.05, 0.1) is 26.4 Å². The maximum absolute atomic E-state index is 11.1. The summed E-state index contributed by atoms with van der Waals surface area (Å²) in [5, 5.41) is 143. The minimum absolute atomic E-state index is 0.819. The normalized spacial score (nSPS) is 52.9. The standard InChI is InChI=1S/C24H42O21/c25-1-5-9(29)13(33)15(35)22(40-5)43-18-11(31)8(4-28)42-24(17(18)37)44-19-12(32)7(3-27)39-21(38)20(19)45-23-16(36)14(34)10(30)6(2-26)41-23/h5-38H,1-4H2/t5-,6-,7-,8-,9-,10-,11-,12-,13+,14+,15-,16-,17-,18+,19+,20-,21-,22+,23+,24+/m1/s1. The third-order valence-corrected chi connectivity index (χ3v) is 8.21. The van der Waals surface area contributed by atoms with Crippen LogP contribution in [0.3, 0.4) is 0 Å². The van der Waals surface area contributed by atoms with Gasteiger partial charge in [0.15, 0.2) is 25.2 Å². The predicted molar refractivity (Wildman–Crippen MR) is 134 cm³/mol. The van der Waals surface area contributed by atoms with Crippen LogP contribution < -0.4 is 0 Å². The first-order chi connectivity index (χ1) is 21.3. The molecule has 4 aliphatic heterocycles. The zero-order chi connectivity index (χ0) is 33.3. The zero-order valence-electron chi connectivity index (χ0n) is 23.5. The molecule has 0 aliphatic carbocycles. The minimum Gasteiger partial charge on any atom is -0.394 e. The molecule has 0 aromatic carbocycles. The molecular weight excluding hydrogens is 624 g/mol. The average Bonchev–Trinajstić information content (AvgIpc) is 3.03. The van der Waals surface area contributed by atoms with Crippen LogP contribution in [0.25, 0.3) is 0 Å². The Labute approximate surface area is 254 Å². The van der Waals surface area contributed by atoms with E-state index in [0.29, 0.717) is 0 Å². The van der Waals surface area contributed by atoms with Gasteiger partial charge in [0, 0.05) is 0 Å². The number of hydrogen-bond acceptors (Lipinski definition) is 21. The molecule has 4 rings (SSSR count). The van der Waals surface area contributed by atoms with Gasteiger partial charge in [-0.15, -0.1) is 0 Å². The van der Waals surface area contributed by atoms with Crippen LogP contribution in [0.2, 0.25) is 0 Å². The van der Waals surface area contributed by atoms with Crippen molar-refractivity contribution in [2.75, 3.05) is 26.4 Å². The molecule has 21 nitrogen and oxygen atoms in total. The van der Waals surface area contributed by atoms with Crippen LogP contribution >= 0.6 is 0 Å². The molecule has 20 atom stereocenters. The second kappa shape index (κ2) is 15.6. The summed E-state index contributed by atoms with van der Waals surface area (Å²) in [6.07, 6.45) is -36.3. The van der Waals surface area contributed by atoms with Crippen molar-refractivity contribution in [2.45, 2.75) is 123 Å². The summed E-state index contributed by atoms with van der Waals surface area (Å²) in [4.78, 5) is 0. The van der Waals surface area contributed by atoms with Crippen molar-refractivity contribution >= 4 is 0 Å². The van der Waals surface area contributed by atoms with Crippen molar-refractivity contribution in [1.82, 2.24) is 0 Å². The Hall–Kier alpha value is -0.840. The van der Waals surface area contributed by atoms with Gasteiger partial charge in [0.1, 0.15) is 97.7 Å². The van der Waals surface area contributed by atoms with E-state index in [1.807, 2.05) is 0 Å². The first-order valence-electron chi connectivity index (χ1n) is 14.1. The van der Waals surface area contributed by atoms with Crippen molar-refractivity contribution in [2.24, 2.45) is 0 Å². The lowest BCUT2D eigenvalue weighted by molar-refractivity contribution is -0.396. The summed E-state index contributed by atoms with van der Waals surface area (Å²) < 4.78 is 37.9. The predicted octanol–water partition coefficient (Wildman–Crippen LogP) is -9.75. The van der Waals surface area contributed by atoms with Crippen LogP contribution in [0.4, 0.5) is 0 Å². The summed E-state index contributed by atoms with van der Waals surface area (Å²) >= 11 is 0. The second-order valence-corrected chi connectivity index (χ2v) is 11.1. The van der Waals surface area contributed by atoms with Gasteiger partial charge in [0.2, 0.25) is 0 Å². The lowest BCUT2D eigenvalue weighted by Gasteiger charge is -2.49. The maximum Gasteiger partial charge on any atom is 0.187 e. The molecule has 4 heterocycles. The van der Waals surface area contributed by atoms with E-state index in [2.05, 4.69) is 0 Å². The zero-order valence-corrected chi connectivity index (χ0v) is 23.5. The second-order valence-electron chi connectivity index (χ2n) is 11.1. The van der Waals surface area contributed by atoms with E-state index in [1.54, 1.807) is 0 Å². The van der Waals surface area contributed by atoms with Gasteiger partial charge in [-0.3, -0.25) is 0 Å². The van der Waals surface area contributed by atoms with Crippen LogP contribution in [-0.2, 0) is 33.2 Å². The van der Waals surface area contributed by atoms with Crippen LogP contribution in [0, 0.1) is 0 Å². The number of ether oxygens (including phenoxy) is 7. The molecule has 264 valence electrons. The number of rotatable bonds is 10. The Balaban J connectivity index is 1.57. The SMILES string of the molecule is OC[C@H]1O[C@@H](O[C@@H]2[C@@H](O)[C@H](O[C@H]3[C@H](O)[C@@H](CO)O[C@@H](O)[C@@H]3O[C@@H]3O[C@H](CO)[C@@H](O)[C@H](O)[C@H]3O)O[C@H](CO)[C@H]2O)[C@H](O)[C@@H](O)[C@@H]1O. The fraction of sp³-hybridized carbons (Fsp3) is 1.00. The first-order valence-corrected chi connectivity index (χ1v) is 14.1. The average molecular weight is 667 g/mol. The van der Waals surface area contributed by atoms with Crippen molar-refractivity contribution in [3.05, 3.63) is 0 Å². The summed E-state index contributed by atoms with van der Waals surface area (Å²) in [5.41, 5.74) is 0. The fourth-order valence-electron chi connectivity index (χ4n) is 5.51. The molecule has 0 radical (unpaired) electrons. The number of hydrogen-bond donors (Lipinski definition) is 14. The molecular formula is C24H42O21. The van der Waals surface area contributed by atoms with E-state index in [1.165, 1.54) is 0 Å². The molecule has 4 saturated heterocycles. The van der Waals surface area contributed by atoms with Gasteiger partial charge < -0.3 is 105 Å². The summed E-state index contributed by atoms with van der Waals surface area (Å²) in [5.74, 6) is 0. The lowest BCUT2D eigenvalue weighted by atomic mass is 9.95. The van der Waals surface area contributed by atoms with Gasteiger partial charge in [-0.25, -0.2) is 0 Å². The van der Waals surface area contributed by atoms with Gasteiger partial charge >= 0.3 is 0 Å². The van der Waals surface area contributed by atoms with Crippen molar-refractivity contribution in [1.29, 1.82) is 0 Å². The van der Waals surface area contributed by atoms with Gasteiger partial charge in [-0.05, 0) is 0 Å². The highest BCUT2D eigenvalue weighted by molar-refractivity contribution is 4.97. The van der Waals surface area contributed by atoms with Crippen LogP contribution in [0.1, 0.15) is 0 Å². The molecule has 0 aromatic rings. The smallest absolute Gasteiger partial charge is 0.187 e. The largest absolute Gasteiger partial charge is 0.394 e. The molecule has 14 N–H and O–H groups in total. The first kappa shape index (κ1) is 37.0. The van der Waals surface area contributed by atoms with E-state index < -0.39 is 149 Å². The topological polar surface area (TPSA) is 348 Å². The van der Waals surface area contributed by atoms with Crippen molar-refractivity contribution in [3.63, 3.8) is 0 Å². The van der Waals surface area contributed by atoms with Crippen LogP contribution in [0.15, 0.2) is 0 Å². The molecule has 0 saturated carbocycles. The minimum atomic E-state index is -2.07. The molecule has 0 unspecified atom stereocenters. The van der Waals surface area contributed by atoms with Crippen LogP contribution in [0.5, 0.6) is 0 Å². The quantitative estimate of drug-likeness (QED) is 0.103. The third kappa shape index (κ3) is 7.44. The fourth-order valence-corrected chi connectivity index (χ4v) is 5.51. The summed E-state index contributed by atoms with van der Waals surface area (Å²) in [6, 6.07) is 0. The van der Waals surface area contributed by atoms with Crippen LogP contribution in [-0.4, -0.2) is 221 Å². The molecule has 0 bridgehead atoms. The highest BCUT2D eigenvalue weighted by Gasteiger charge is 2.55. The van der Waals surface area contributed by atoms with E-state index in [-0.39, 0.29) is 0 Å². The Morgan fingerprint density at radius 1 is 0.333 bits per heavy atom. The Morgan fingerprint density at radius 3 is 1.11 bits per heavy atom. The Bertz CT molecular complexity index is 914. The molecule has 4 fully saturated rings. The lowest BCUT2D eigenvalue weighted by Crippen LogP contribution is -2.68. The Morgan fingerprint density at radius 2 is 0.667 bits per heavy atom. The number of aliphatic hydroxyl groups excluding tert-OH is 14. The summed E-state index contributed by atoms with van der Waals surface area (Å²) in [7, 11) is 0.